The molecule has 2 N–H and O–H groups in total. The van der Waals surface area contributed by atoms with Crippen molar-refractivity contribution in [2.75, 3.05) is 26.2 Å². The number of nitrogens with zero attached hydrogens (tertiary/aromatic N) is 1. The van der Waals surface area contributed by atoms with E-state index in [4.69, 9.17) is 4.74 Å². The van der Waals surface area contributed by atoms with Crippen molar-refractivity contribution in [3.63, 3.8) is 0 Å². The van der Waals surface area contributed by atoms with Crippen molar-refractivity contribution < 1.29 is 27.5 Å². The first-order chi connectivity index (χ1) is 13.3. The van der Waals surface area contributed by atoms with Gasteiger partial charge in [-0.25, -0.2) is 13.2 Å². The molecule has 1 aliphatic heterocycles. The molecule has 152 valence electrons. The highest BCUT2D eigenvalue weighted by molar-refractivity contribution is 7.89. The number of esters is 1. The molecule has 0 spiro atoms. The van der Waals surface area contributed by atoms with Gasteiger partial charge in [0.15, 0.2) is 6.61 Å². The molecule has 0 bridgehead atoms. The van der Waals surface area contributed by atoms with Gasteiger partial charge in [0.2, 0.25) is 10.0 Å². The quantitative estimate of drug-likeness (QED) is 0.503. The average molecular weight is 409 g/mol. The molecule has 1 saturated heterocycles. The smallest absolute Gasteiger partial charge is 0.321 e. The van der Waals surface area contributed by atoms with E-state index in [2.05, 4.69) is 11.9 Å². The Balaban J connectivity index is 1.78. The van der Waals surface area contributed by atoms with Gasteiger partial charge in [-0.3, -0.25) is 14.9 Å². The summed E-state index contributed by atoms with van der Waals surface area (Å²) in [5.41, 5.74) is 0. The molecule has 0 atom stereocenters. The minimum absolute atomic E-state index is 0.188. The average Bonchev–Trinajstić information content (AvgIpc) is 2.71. The number of imide groups is 1. The van der Waals surface area contributed by atoms with E-state index in [-0.39, 0.29) is 24.5 Å². The Hall–Kier alpha value is -2.72. The number of hydrogen-bond donors (Lipinski definition) is 2. The van der Waals surface area contributed by atoms with Crippen molar-refractivity contribution >= 4 is 27.9 Å². The number of benzene rings is 1. The predicted octanol–water partition coefficient (Wildman–Crippen LogP) is 0.642. The summed E-state index contributed by atoms with van der Waals surface area (Å²) >= 11 is 0. The minimum atomic E-state index is -3.59. The number of sulfonamides is 1. The lowest BCUT2D eigenvalue weighted by molar-refractivity contribution is -0.153. The highest BCUT2D eigenvalue weighted by Crippen LogP contribution is 2.24. The Morgan fingerprint density at radius 1 is 1.18 bits per heavy atom. The second-order valence-corrected chi connectivity index (χ2v) is 8.08. The maximum absolute atomic E-state index is 12.6. The fourth-order valence-electron chi connectivity index (χ4n) is 2.70. The summed E-state index contributed by atoms with van der Waals surface area (Å²) in [6, 6.07) is 7.39. The molecule has 2 rings (SSSR count). The Bertz CT molecular complexity index is 817. The Kier molecular flexibility index (Phi) is 7.70. The van der Waals surface area contributed by atoms with Gasteiger partial charge in [-0.15, -0.1) is 6.58 Å². The van der Waals surface area contributed by atoms with Crippen LogP contribution in [-0.4, -0.2) is 56.9 Å². The maximum atomic E-state index is 12.6. The number of piperidine rings is 1. The predicted molar refractivity (Wildman–Crippen MR) is 101 cm³/mol. The van der Waals surface area contributed by atoms with Crippen molar-refractivity contribution in [1.82, 2.24) is 14.9 Å². The summed E-state index contributed by atoms with van der Waals surface area (Å²) in [6.45, 7) is 3.42. The molecule has 0 saturated carbocycles. The molecule has 28 heavy (non-hydrogen) atoms. The van der Waals surface area contributed by atoms with Crippen molar-refractivity contribution in [2.45, 2.75) is 17.7 Å². The zero-order valence-electron chi connectivity index (χ0n) is 15.3. The number of rotatable bonds is 7. The van der Waals surface area contributed by atoms with Gasteiger partial charge in [0, 0.05) is 19.6 Å². The van der Waals surface area contributed by atoms with Gasteiger partial charge in [-0.2, -0.15) is 4.31 Å². The molecule has 0 unspecified atom stereocenters. The number of amides is 3. The molecule has 0 radical (unpaired) electrons. The lowest BCUT2D eigenvalue weighted by Gasteiger charge is -2.30. The first-order valence-electron chi connectivity index (χ1n) is 8.75. The second-order valence-electron chi connectivity index (χ2n) is 6.15. The lowest BCUT2D eigenvalue weighted by atomic mass is 9.98. The van der Waals surface area contributed by atoms with Gasteiger partial charge >= 0.3 is 12.0 Å². The van der Waals surface area contributed by atoms with Gasteiger partial charge in [-0.05, 0) is 25.0 Å². The van der Waals surface area contributed by atoms with E-state index in [0.29, 0.717) is 12.8 Å². The molecular weight excluding hydrogens is 386 g/mol. The summed E-state index contributed by atoms with van der Waals surface area (Å²) in [6.07, 6.45) is 2.05. The standard InChI is InChI=1S/C18H23N3O6S/c1-2-10-19-18(24)20-16(22)13-27-17(23)14-8-11-21(12-9-14)28(25,26)15-6-4-3-5-7-15/h2-7,14H,1,8-13H2,(H2,19,20,22,24). The SMILES string of the molecule is C=CCNC(=O)NC(=O)COC(=O)C1CCN(S(=O)(=O)c2ccccc2)CC1. The van der Waals surface area contributed by atoms with Crippen LogP contribution in [-0.2, 0) is 24.3 Å². The molecule has 1 aromatic carbocycles. The molecule has 0 aromatic heterocycles. The van der Waals surface area contributed by atoms with Gasteiger partial charge in [0.05, 0.1) is 10.8 Å². The van der Waals surface area contributed by atoms with Gasteiger partial charge in [0.25, 0.3) is 5.91 Å². The van der Waals surface area contributed by atoms with Crippen LogP contribution in [0.15, 0.2) is 47.9 Å². The number of nitrogens with one attached hydrogen (secondary N) is 2. The third kappa shape index (κ3) is 5.89. The summed E-state index contributed by atoms with van der Waals surface area (Å²) in [5.74, 6) is -1.83. The monoisotopic (exact) mass is 409 g/mol. The number of carbonyl (C=O) groups excluding carboxylic acids is 3. The van der Waals surface area contributed by atoms with E-state index in [1.54, 1.807) is 18.2 Å². The van der Waals surface area contributed by atoms with Crippen molar-refractivity contribution in [3.8, 4) is 0 Å². The van der Waals surface area contributed by atoms with E-state index in [1.165, 1.54) is 22.5 Å². The summed E-state index contributed by atoms with van der Waals surface area (Å²) in [4.78, 5) is 35.2. The number of ether oxygens (including phenoxy) is 1. The normalized spacial score (nSPS) is 15.4. The third-order valence-electron chi connectivity index (χ3n) is 4.17. The maximum Gasteiger partial charge on any atom is 0.321 e. The fraction of sp³-hybridized carbons (Fsp3) is 0.389. The zero-order valence-corrected chi connectivity index (χ0v) is 16.1. The molecule has 9 nitrogen and oxygen atoms in total. The van der Waals surface area contributed by atoms with Crippen LogP contribution < -0.4 is 10.6 Å². The summed E-state index contributed by atoms with van der Waals surface area (Å²) in [7, 11) is -3.59. The number of carbonyl (C=O) groups is 3. The number of urea groups is 1. The molecular formula is C18H23N3O6S. The molecule has 1 fully saturated rings. The van der Waals surface area contributed by atoms with E-state index < -0.39 is 40.5 Å². The van der Waals surface area contributed by atoms with Crippen molar-refractivity contribution in [1.29, 1.82) is 0 Å². The highest BCUT2D eigenvalue weighted by Gasteiger charge is 2.32. The molecule has 1 heterocycles. The Morgan fingerprint density at radius 3 is 2.43 bits per heavy atom. The van der Waals surface area contributed by atoms with Gasteiger partial charge in [0.1, 0.15) is 0 Å². The van der Waals surface area contributed by atoms with Crippen LogP contribution in [0.4, 0.5) is 4.79 Å². The van der Waals surface area contributed by atoms with E-state index in [9.17, 15) is 22.8 Å². The molecule has 0 aliphatic carbocycles. The van der Waals surface area contributed by atoms with Crippen molar-refractivity contribution in [2.24, 2.45) is 5.92 Å². The highest BCUT2D eigenvalue weighted by atomic mass is 32.2. The Labute approximate surface area is 163 Å². The van der Waals surface area contributed by atoms with Crippen LogP contribution in [0.1, 0.15) is 12.8 Å². The fourth-order valence-corrected chi connectivity index (χ4v) is 4.19. The van der Waals surface area contributed by atoms with E-state index in [1.807, 2.05) is 5.32 Å². The summed E-state index contributed by atoms with van der Waals surface area (Å²) in [5, 5.41) is 4.37. The molecule has 10 heteroatoms. The van der Waals surface area contributed by atoms with Crippen LogP contribution in [0.5, 0.6) is 0 Å². The van der Waals surface area contributed by atoms with E-state index >= 15 is 0 Å². The first kappa shape index (κ1) is 21.6. The third-order valence-corrected chi connectivity index (χ3v) is 6.09. The molecule has 1 aliphatic rings. The first-order valence-corrected chi connectivity index (χ1v) is 10.2. The lowest BCUT2D eigenvalue weighted by Crippen LogP contribution is -2.43. The topological polar surface area (TPSA) is 122 Å². The largest absolute Gasteiger partial charge is 0.455 e. The minimum Gasteiger partial charge on any atom is -0.455 e. The molecule has 1 aromatic rings. The summed E-state index contributed by atoms with van der Waals surface area (Å²) < 4.78 is 31.4. The van der Waals surface area contributed by atoms with Crippen LogP contribution >= 0.6 is 0 Å². The van der Waals surface area contributed by atoms with Gasteiger partial charge < -0.3 is 10.1 Å². The van der Waals surface area contributed by atoms with E-state index in [0.717, 1.165) is 0 Å². The van der Waals surface area contributed by atoms with Crippen molar-refractivity contribution in [3.05, 3.63) is 43.0 Å². The number of hydrogen-bond acceptors (Lipinski definition) is 6. The Morgan fingerprint density at radius 2 is 1.82 bits per heavy atom. The second kappa shape index (κ2) is 10.00. The van der Waals surface area contributed by atoms with Gasteiger partial charge in [-0.1, -0.05) is 24.3 Å². The zero-order chi connectivity index (χ0) is 20.6. The van der Waals surface area contributed by atoms with Crippen LogP contribution in [0, 0.1) is 5.92 Å². The van der Waals surface area contributed by atoms with Crippen LogP contribution in [0.25, 0.3) is 0 Å². The molecule has 3 amide bonds. The van der Waals surface area contributed by atoms with Crippen LogP contribution in [0.2, 0.25) is 0 Å². The van der Waals surface area contributed by atoms with Crippen LogP contribution in [0.3, 0.4) is 0 Å².